The van der Waals surface area contributed by atoms with Gasteiger partial charge in [-0.2, -0.15) is 0 Å². The van der Waals surface area contributed by atoms with E-state index in [4.69, 9.17) is 0 Å². The first kappa shape index (κ1) is 15.0. The summed E-state index contributed by atoms with van der Waals surface area (Å²) in [5.74, 6) is 2.43. The maximum Gasteiger partial charge on any atom is 0.0543 e. The number of fused-ring (bicyclic) bond motifs is 5. The maximum atomic E-state index is 10.1. The molecule has 4 aliphatic rings. The van der Waals surface area contributed by atoms with E-state index in [1.807, 2.05) is 0 Å². The molecule has 0 amide bonds. The lowest BCUT2D eigenvalue weighted by molar-refractivity contribution is -0.00472. The normalized spacial score (nSPS) is 52.7. The average Bonchev–Trinajstić information content (AvgIpc) is 2.84. The molecule has 1 nitrogen and oxygen atoms in total. The van der Waals surface area contributed by atoms with Crippen LogP contribution in [0.1, 0.15) is 72.1 Å². The van der Waals surface area contributed by atoms with Gasteiger partial charge < -0.3 is 5.11 Å². The smallest absolute Gasteiger partial charge is 0.0543 e. The molecule has 0 aliphatic heterocycles. The third-order valence-electron chi connectivity index (χ3n) is 8.20. The molecule has 0 radical (unpaired) electrons. The Morgan fingerprint density at radius 3 is 2.73 bits per heavy atom. The van der Waals surface area contributed by atoms with E-state index in [0.717, 1.165) is 30.6 Å². The zero-order valence-corrected chi connectivity index (χ0v) is 14.6. The number of rotatable bonds is 0. The van der Waals surface area contributed by atoms with Crippen LogP contribution >= 0.6 is 0 Å². The molecule has 3 saturated carbocycles. The Bertz CT molecular complexity index is 530. The Balaban J connectivity index is 1.71. The molecule has 1 heteroatoms. The van der Waals surface area contributed by atoms with Crippen molar-refractivity contribution in [2.45, 2.75) is 78.2 Å². The second-order valence-electron chi connectivity index (χ2n) is 8.97. The number of aliphatic hydroxyl groups excluding tert-OH is 1. The third-order valence-corrected chi connectivity index (χ3v) is 8.20. The topological polar surface area (TPSA) is 20.2 Å². The molecule has 1 N–H and O–H groups in total. The van der Waals surface area contributed by atoms with Crippen LogP contribution in [0.15, 0.2) is 23.3 Å². The van der Waals surface area contributed by atoms with Crippen LogP contribution in [0.4, 0.5) is 0 Å². The zero-order valence-electron chi connectivity index (χ0n) is 14.6. The number of hydrogen-bond donors (Lipinski definition) is 1. The third kappa shape index (κ3) is 1.87. The van der Waals surface area contributed by atoms with Crippen LogP contribution in [-0.4, -0.2) is 11.2 Å². The molecule has 0 aromatic carbocycles. The summed E-state index contributed by atoms with van der Waals surface area (Å²) in [6, 6.07) is 0. The van der Waals surface area contributed by atoms with Crippen molar-refractivity contribution in [3.8, 4) is 0 Å². The second kappa shape index (κ2) is 4.97. The van der Waals surface area contributed by atoms with Gasteiger partial charge in [-0.05, 0) is 86.9 Å². The van der Waals surface area contributed by atoms with Gasteiger partial charge in [0.05, 0.1) is 6.10 Å². The predicted molar refractivity (Wildman–Crippen MR) is 91.5 cm³/mol. The van der Waals surface area contributed by atoms with Gasteiger partial charge in [0.2, 0.25) is 0 Å². The van der Waals surface area contributed by atoms with Crippen molar-refractivity contribution >= 4 is 0 Å². The van der Waals surface area contributed by atoms with Crippen LogP contribution in [0, 0.1) is 28.6 Å². The molecule has 0 heterocycles. The minimum absolute atomic E-state index is 0.0369. The van der Waals surface area contributed by atoms with E-state index in [0.29, 0.717) is 10.8 Å². The molecule has 22 heavy (non-hydrogen) atoms. The number of allylic oxidation sites excluding steroid dienone is 4. The van der Waals surface area contributed by atoms with Crippen molar-refractivity contribution in [3.63, 3.8) is 0 Å². The highest BCUT2D eigenvalue weighted by atomic mass is 16.3. The van der Waals surface area contributed by atoms with Crippen LogP contribution in [0.5, 0.6) is 0 Å². The molecular weight excluding hydrogens is 268 g/mol. The summed E-state index contributed by atoms with van der Waals surface area (Å²) < 4.78 is 0. The highest BCUT2D eigenvalue weighted by molar-refractivity contribution is 5.34. The van der Waals surface area contributed by atoms with Crippen molar-refractivity contribution < 1.29 is 5.11 Å². The van der Waals surface area contributed by atoms with Gasteiger partial charge in [0, 0.05) is 0 Å². The molecule has 3 fully saturated rings. The van der Waals surface area contributed by atoms with Gasteiger partial charge in [-0.15, -0.1) is 0 Å². The van der Waals surface area contributed by atoms with Crippen LogP contribution in [0.2, 0.25) is 0 Å². The quantitative estimate of drug-likeness (QED) is 0.605. The molecule has 0 saturated heterocycles. The van der Waals surface area contributed by atoms with E-state index in [1.54, 1.807) is 11.1 Å². The van der Waals surface area contributed by atoms with Gasteiger partial charge in [0.25, 0.3) is 0 Å². The summed E-state index contributed by atoms with van der Waals surface area (Å²) in [5.41, 5.74) is 4.36. The lowest BCUT2D eigenvalue weighted by atomic mass is 9.49. The van der Waals surface area contributed by atoms with Crippen LogP contribution in [0.25, 0.3) is 0 Å². The van der Waals surface area contributed by atoms with Crippen LogP contribution in [0.3, 0.4) is 0 Å². The molecule has 0 bridgehead atoms. The van der Waals surface area contributed by atoms with Crippen molar-refractivity contribution in [2.75, 3.05) is 0 Å². The Morgan fingerprint density at radius 2 is 1.95 bits per heavy atom. The van der Waals surface area contributed by atoms with Gasteiger partial charge in [-0.3, -0.25) is 0 Å². The Labute approximate surface area is 135 Å². The molecule has 0 spiro atoms. The Hall–Kier alpha value is -0.560. The summed E-state index contributed by atoms with van der Waals surface area (Å²) >= 11 is 0. The van der Waals surface area contributed by atoms with E-state index in [-0.39, 0.29) is 6.10 Å². The summed E-state index contributed by atoms with van der Waals surface area (Å²) in [6.07, 6.45) is 15.0. The summed E-state index contributed by atoms with van der Waals surface area (Å²) in [4.78, 5) is 0. The fourth-order valence-corrected chi connectivity index (χ4v) is 6.83. The molecule has 0 aromatic rings. The fourth-order valence-electron chi connectivity index (χ4n) is 6.83. The largest absolute Gasteiger partial charge is 0.393 e. The summed E-state index contributed by atoms with van der Waals surface area (Å²) in [7, 11) is 0. The van der Waals surface area contributed by atoms with Gasteiger partial charge in [-0.25, -0.2) is 0 Å². The van der Waals surface area contributed by atoms with E-state index >= 15 is 0 Å². The fraction of sp³-hybridized carbons (Fsp3) is 0.810. The van der Waals surface area contributed by atoms with Crippen molar-refractivity contribution in [1.82, 2.24) is 0 Å². The maximum absolute atomic E-state index is 10.1. The highest BCUT2D eigenvalue weighted by Crippen LogP contribution is 2.65. The van der Waals surface area contributed by atoms with Gasteiger partial charge in [0.1, 0.15) is 0 Å². The minimum Gasteiger partial charge on any atom is -0.393 e. The van der Waals surface area contributed by atoms with Gasteiger partial charge in [0.15, 0.2) is 0 Å². The van der Waals surface area contributed by atoms with Crippen LogP contribution < -0.4 is 0 Å². The standard InChI is InChI=1S/C21H32O/c1-4-14-6-8-18-17-7-5-15-13-16(22)9-11-21(15,3)19(17)10-12-20(14,18)2/h4,10,15-18,22H,5-9,11-13H2,1-3H3/t15-,16-,17?,18?,20-,21+/m1/s1. The molecule has 122 valence electrons. The first-order valence-corrected chi connectivity index (χ1v) is 9.53. The lowest BCUT2D eigenvalue weighted by Gasteiger charge is -2.56. The van der Waals surface area contributed by atoms with Crippen molar-refractivity contribution in [2.24, 2.45) is 28.6 Å². The van der Waals surface area contributed by atoms with Crippen molar-refractivity contribution in [1.29, 1.82) is 0 Å². The van der Waals surface area contributed by atoms with E-state index in [9.17, 15) is 5.11 Å². The predicted octanol–water partition coefficient (Wildman–Crippen LogP) is 5.26. The Kier molecular flexibility index (Phi) is 3.39. The van der Waals surface area contributed by atoms with Crippen molar-refractivity contribution in [3.05, 3.63) is 23.3 Å². The first-order chi connectivity index (χ1) is 10.5. The lowest BCUT2D eigenvalue weighted by Crippen LogP contribution is -2.47. The monoisotopic (exact) mass is 300 g/mol. The van der Waals surface area contributed by atoms with Gasteiger partial charge in [-0.1, -0.05) is 37.1 Å². The highest BCUT2D eigenvalue weighted by Gasteiger charge is 2.55. The molecule has 6 atom stereocenters. The SMILES string of the molecule is CC=C1CCC2C3CC[C@@H]4C[C@H](O)CC[C@]4(C)C3=CC[C@]12C. The second-order valence-corrected chi connectivity index (χ2v) is 8.97. The first-order valence-electron chi connectivity index (χ1n) is 9.53. The summed E-state index contributed by atoms with van der Waals surface area (Å²) in [5, 5.41) is 10.1. The summed E-state index contributed by atoms with van der Waals surface area (Å²) in [6.45, 7) is 7.30. The molecule has 0 aromatic heterocycles. The van der Waals surface area contributed by atoms with E-state index < -0.39 is 0 Å². The number of aliphatic hydroxyl groups is 1. The van der Waals surface area contributed by atoms with Gasteiger partial charge >= 0.3 is 0 Å². The minimum atomic E-state index is -0.0369. The van der Waals surface area contributed by atoms with Crippen LogP contribution in [-0.2, 0) is 0 Å². The zero-order chi connectivity index (χ0) is 15.5. The molecule has 4 aliphatic carbocycles. The molecular formula is C21H32O. The molecule has 4 rings (SSSR count). The Morgan fingerprint density at radius 1 is 1.14 bits per heavy atom. The molecule has 2 unspecified atom stereocenters. The number of hydrogen-bond acceptors (Lipinski definition) is 1. The van der Waals surface area contributed by atoms with E-state index in [2.05, 4.69) is 32.9 Å². The van der Waals surface area contributed by atoms with E-state index in [1.165, 1.54) is 38.5 Å². The average molecular weight is 300 g/mol.